The summed E-state index contributed by atoms with van der Waals surface area (Å²) in [5.74, 6) is 0.133. The summed E-state index contributed by atoms with van der Waals surface area (Å²) in [6, 6.07) is 0. The molecule has 1 rings (SSSR count). The Morgan fingerprint density at radius 2 is 1.87 bits per heavy atom. The molecule has 1 saturated heterocycles. The molecule has 1 aliphatic heterocycles. The molecule has 0 aliphatic carbocycles. The Hall–Kier alpha value is -1.10. The summed E-state index contributed by atoms with van der Waals surface area (Å²) in [5.41, 5.74) is 0. The smallest absolute Gasteiger partial charge is 0.222 e. The quantitative estimate of drug-likeness (QED) is 0.493. The lowest BCUT2D eigenvalue weighted by molar-refractivity contribution is -0.135. The van der Waals surface area contributed by atoms with Crippen LogP contribution in [0, 0.1) is 0 Å². The average molecular weight is 214 g/mol. The lowest BCUT2D eigenvalue weighted by atomic mass is 10.2. The number of rotatable bonds is 5. The van der Waals surface area contributed by atoms with Crippen LogP contribution in [-0.4, -0.2) is 60.0 Å². The molecule has 2 amide bonds. The third-order valence-corrected chi connectivity index (χ3v) is 2.61. The second-order valence-corrected chi connectivity index (χ2v) is 3.70. The van der Waals surface area contributed by atoms with E-state index in [1.165, 1.54) is 0 Å². The van der Waals surface area contributed by atoms with E-state index in [4.69, 9.17) is 5.11 Å². The van der Waals surface area contributed by atoms with E-state index in [-0.39, 0.29) is 12.5 Å². The average Bonchev–Trinajstić information content (AvgIpc) is 2.29. The Bertz CT molecular complexity index is 213. The molecule has 1 heterocycles. The maximum Gasteiger partial charge on any atom is 0.222 e. The van der Waals surface area contributed by atoms with Gasteiger partial charge in [0.2, 0.25) is 12.3 Å². The first-order valence-electron chi connectivity index (χ1n) is 5.36. The molecule has 0 aromatic rings. The van der Waals surface area contributed by atoms with E-state index in [0.717, 1.165) is 12.8 Å². The van der Waals surface area contributed by atoms with Gasteiger partial charge in [-0.15, -0.1) is 0 Å². The lowest BCUT2D eigenvalue weighted by Gasteiger charge is -2.32. The first-order chi connectivity index (χ1) is 7.27. The Morgan fingerprint density at radius 3 is 2.40 bits per heavy atom. The SMILES string of the molecule is O=CN1CCN(C(=O)CCCCO)CC1. The predicted octanol–water partition coefficient (Wildman–Crippen LogP) is -0.550. The monoisotopic (exact) mass is 214 g/mol. The predicted molar refractivity (Wildman–Crippen MR) is 55.2 cm³/mol. The topological polar surface area (TPSA) is 60.9 Å². The van der Waals surface area contributed by atoms with Gasteiger partial charge >= 0.3 is 0 Å². The van der Waals surface area contributed by atoms with Gasteiger partial charge in [0.1, 0.15) is 0 Å². The van der Waals surface area contributed by atoms with Crippen molar-refractivity contribution in [1.29, 1.82) is 0 Å². The maximum absolute atomic E-state index is 11.6. The fourth-order valence-electron chi connectivity index (χ4n) is 1.62. The Labute approximate surface area is 89.7 Å². The van der Waals surface area contributed by atoms with Crippen LogP contribution in [0.2, 0.25) is 0 Å². The molecule has 1 N–H and O–H groups in total. The normalized spacial score (nSPS) is 16.6. The Balaban J connectivity index is 2.21. The van der Waals surface area contributed by atoms with Crippen LogP contribution < -0.4 is 0 Å². The van der Waals surface area contributed by atoms with E-state index in [0.29, 0.717) is 39.0 Å². The second kappa shape index (κ2) is 6.40. The number of hydrogen-bond donors (Lipinski definition) is 1. The second-order valence-electron chi connectivity index (χ2n) is 3.70. The fourth-order valence-corrected chi connectivity index (χ4v) is 1.62. The van der Waals surface area contributed by atoms with E-state index in [9.17, 15) is 9.59 Å². The summed E-state index contributed by atoms with van der Waals surface area (Å²) in [5, 5.41) is 8.59. The largest absolute Gasteiger partial charge is 0.396 e. The van der Waals surface area contributed by atoms with Crippen molar-refractivity contribution < 1.29 is 14.7 Å². The molecule has 0 aromatic carbocycles. The highest BCUT2D eigenvalue weighted by molar-refractivity contribution is 5.76. The number of hydrogen-bond acceptors (Lipinski definition) is 3. The van der Waals surface area contributed by atoms with E-state index in [1.54, 1.807) is 9.80 Å². The van der Waals surface area contributed by atoms with Crippen LogP contribution in [0.4, 0.5) is 0 Å². The van der Waals surface area contributed by atoms with Gasteiger partial charge in [-0.05, 0) is 12.8 Å². The van der Waals surface area contributed by atoms with Gasteiger partial charge in [-0.2, -0.15) is 0 Å². The number of amides is 2. The van der Waals surface area contributed by atoms with Crippen LogP contribution in [0.25, 0.3) is 0 Å². The number of aliphatic hydroxyl groups excluding tert-OH is 1. The third-order valence-electron chi connectivity index (χ3n) is 2.61. The highest BCUT2D eigenvalue weighted by Crippen LogP contribution is 2.04. The molecule has 0 saturated carbocycles. The fraction of sp³-hybridized carbons (Fsp3) is 0.800. The van der Waals surface area contributed by atoms with E-state index < -0.39 is 0 Å². The van der Waals surface area contributed by atoms with Crippen molar-refractivity contribution in [2.45, 2.75) is 19.3 Å². The molecule has 5 nitrogen and oxygen atoms in total. The third kappa shape index (κ3) is 3.87. The zero-order valence-corrected chi connectivity index (χ0v) is 8.89. The molecule has 86 valence electrons. The van der Waals surface area contributed by atoms with Gasteiger partial charge in [-0.1, -0.05) is 0 Å². The molecule has 0 radical (unpaired) electrons. The Morgan fingerprint density at radius 1 is 1.20 bits per heavy atom. The maximum atomic E-state index is 11.6. The van der Waals surface area contributed by atoms with Crippen molar-refractivity contribution >= 4 is 12.3 Å². The van der Waals surface area contributed by atoms with Gasteiger partial charge in [0, 0.05) is 39.2 Å². The number of carbonyl (C=O) groups excluding carboxylic acids is 2. The summed E-state index contributed by atoms with van der Waals surface area (Å²) in [6.45, 7) is 2.68. The first-order valence-corrected chi connectivity index (χ1v) is 5.36. The van der Waals surface area contributed by atoms with Gasteiger partial charge < -0.3 is 14.9 Å². The van der Waals surface area contributed by atoms with Crippen LogP contribution >= 0.6 is 0 Å². The van der Waals surface area contributed by atoms with Crippen molar-refractivity contribution in [3.8, 4) is 0 Å². The van der Waals surface area contributed by atoms with Gasteiger partial charge in [0.25, 0.3) is 0 Å². The van der Waals surface area contributed by atoms with Crippen molar-refractivity contribution in [2.75, 3.05) is 32.8 Å². The first kappa shape index (κ1) is 12.0. The van der Waals surface area contributed by atoms with E-state index in [1.807, 2.05) is 0 Å². The minimum atomic E-state index is 0.133. The van der Waals surface area contributed by atoms with Crippen molar-refractivity contribution in [3.05, 3.63) is 0 Å². The highest BCUT2D eigenvalue weighted by Gasteiger charge is 2.19. The zero-order chi connectivity index (χ0) is 11.1. The molecule has 0 unspecified atom stereocenters. The Kier molecular flexibility index (Phi) is 5.10. The number of unbranched alkanes of at least 4 members (excludes halogenated alkanes) is 1. The molecule has 0 spiro atoms. The number of carbonyl (C=O) groups is 2. The van der Waals surface area contributed by atoms with Gasteiger partial charge in [0.05, 0.1) is 0 Å². The van der Waals surface area contributed by atoms with Crippen molar-refractivity contribution in [2.24, 2.45) is 0 Å². The summed E-state index contributed by atoms with van der Waals surface area (Å²) >= 11 is 0. The van der Waals surface area contributed by atoms with E-state index >= 15 is 0 Å². The van der Waals surface area contributed by atoms with Crippen LogP contribution in [0.3, 0.4) is 0 Å². The number of piperazine rings is 1. The lowest BCUT2D eigenvalue weighted by Crippen LogP contribution is -2.48. The van der Waals surface area contributed by atoms with Gasteiger partial charge in [0.15, 0.2) is 0 Å². The zero-order valence-electron chi connectivity index (χ0n) is 8.89. The minimum absolute atomic E-state index is 0.133. The van der Waals surface area contributed by atoms with Crippen LogP contribution in [0.15, 0.2) is 0 Å². The molecule has 15 heavy (non-hydrogen) atoms. The molecule has 5 heteroatoms. The van der Waals surface area contributed by atoms with E-state index in [2.05, 4.69) is 0 Å². The molecular weight excluding hydrogens is 196 g/mol. The number of nitrogens with zero attached hydrogens (tertiary/aromatic N) is 2. The summed E-state index contributed by atoms with van der Waals surface area (Å²) in [4.78, 5) is 25.5. The molecule has 1 fully saturated rings. The minimum Gasteiger partial charge on any atom is -0.396 e. The van der Waals surface area contributed by atoms with Crippen LogP contribution in [0.1, 0.15) is 19.3 Å². The molecular formula is C10H18N2O3. The summed E-state index contributed by atoms with van der Waals surface area (Å²) in [6.07, 6.45) is 2.75. The van der Waals surface area contributed by atoms with Crippen molar-refractivity contribution in [3.63, 3.8) is 0 Å². The van der Waals surface area contributed by atoms with Crippen LogP contribution in [0.5, 0.6) is 0 Å². The molecule has 1 aliphatic rings. The summed E-state index contributed by atoms with van der Waals surface area (Å²) in [7, 11) is 0. The molecule has 0 aromatic heterocycles. The van der Waals surface area contributed by atoms with Gasteiger partial charge in [-0.25, -0.2) is 0 Å². The molecule has 0 bridgehead atoms. The van der Waals surface area contributed by atoms with Crippen molar-refractivity contribution in [1.82, 2.24) is 9.80 Å². The highest BCUT2D eigenvalue weighted by atomic mass is 16.3. The standard InChI is InChI=1S/C10H18N2O3/c13-8-2-1-3-10(15)12-6-4-11(9-14)5-7-12/h9,13H,1-8H2. The number of aliphatic hydroxyl groups is 1. The molecule has 0 atom stereocenters. The van der Waals surface area contributed by atoms with Gasteiger partial charge in [-0.3, -0.25) is 9.59 Å². The van der Waals surface area contributed by atoms with Crippen LogP contribution in [-0.2, 0) is 9.59 Å². The summed E-state index contributed by atoms with van der Waals surface area (Å²) < 4.78 is 0.